The molecule has 4 aromatic rings. The van der Waals surface area contributed by atoms with E-state index in [-0.39, 0.29) is 29.2 Å². The van der Waals surface area contributed by atoms with Gasteiger partial charge < -0.3 is 26.1 Å². The van der Waals surface area contributed by atoms with E-state index in [4.69, 9.17) is 33.1 Å². The Labute approximate surface area is 210 Å². The molecule has 2 aromatic heterocycles. The summed E-state index contributed by atoms with van der Waals surface area (Å²) in [6.07, 6.45) is 3.09. The van der Waals surface area contributed by atoms with Crippen molar-refractivity contribution in [2.24, 2.45) is 5.73 Å². The number of aromatic nitrogens is 3. The molecule has 3 heterocycles. The highest BCUT2D eigenvalue weighted by Gasteiger charge is 2.27. The lowest BCUT2D eigenvalue weighted by atomic mass is 9.97. The van der Waals surface area contributed by atoms with Crippen LogP contribution in [0.5, 0.6) is 5.75 Å². The minimum absolute atomic E-state index is 0.0740. The van der Waals surface area contributed by atoms with Gasteiger partial charge in [0, 0.05) is 42.0 Å². The molecular weight excluding hydrogens is 488 g/mol. The Hall–Kier alpha value is -3.94. The summed E-state index contributed by atoms with van der Waals surface area (Å²) in [5, 5.41) is 9.14. The molecule has 0 bridgehead atoms. The summed E-state index contributed by atoms with van der Waals surface area (Å²) in [6.45, 7) is 1.01. The largest absolute Gasteiger partial charge is 0.476 e. The Balaban J connectivity index is 1.75. The third-order valence-corrected chi connectivity index (χ3v) is 6.37. The van der Waals surface area contributed by atoms with E-state index in [9.17, 15) is 8.78 Å². The van der Waals surface area contributed by atoms with Gasteiger partial charge in [-0.3, -0.25) is 0 Å². The number of piperidine rings is 1. The molecule has 1 fully saturated rings. The van der Waals surface area contributed by atoms with Gasteiger partial charge in [-0.05, 0) is 42.7 Å². The maximum absolute atomic E-state index is 14.3. The number of anilines is 2. The van der Waals surface area contributed by atoms with Crippen molar-refractivity contribution < 1.29 is 13.5 Å². The fourth-order valence-corrected chi connectivity index (χ4v) is 4.73. The van der Waals surface area contributed by atoms with Crippen LogP contribution >= 0.6 is 11.6 Å². The molecule has 184 valence electrons. The molecule has 5 rings (SSSR count). The zero-order valence-electron chi connectivity index (χ0n) is 19.1. The Morgan fingerprint density at radius 2 is 1.92 bits per heavy atom. The third-order valence-electron chi connectivity index (χ3n) is 6.16. The first-order chi connectivity index (χ1) is 17.3. The van der Waals surface area contributed by atoms with Crippen LogP contribution in [0.2, 0.25) is 5.02 Å². The molecule has 0 aliphatic carbocycles. The summed E-state index contributed by atoms with van der Waals surface area (Å²) in [7, 11) is 0. The van der Waals surface area contributed by atoms with Gasteiger partial charge >= 0.3 is 0 Å². The number of pyridine rings is 1. The van der Waals surface area contributed by atoms with Crippen LogP contribution in [0.4, 0.5) is 20.3 Å². The van der Waals surface area contributed by atoms with Crippen molar-refractivity contribution in [2.75, 3.05) is 30.3 Å². The SMILES string of the molecule is N#CCOc1cc(F)cc2[nH]c(-c3c(N)ncc(-c4cc(F)cc(Cl)c4)c3N3CCC(N)CC3)nc12. The fourth-order valence-electron chi connectivity index (χ4n) is 4.51. The van der Waals surface area contributed by atoms with Gasteiger partial charge in [0.15, 0.2) is 12.4 Å². The summed E-state index contributed by atoms with van der Waals surface area (Å²) in [5.41, 5.74) is 15.5. The van der Waals surface area contributed by atoms with E-state index < -0.39 is 11.6 Å². The first-order valence-electron chi connectivity index (χ1n) is 11.3. The average Bonchev–Trinajstić information content (AvgIpc) is 3.25. The zero-order chi connectivity index (χ0) is 25.4. The van der Waals surface area contributed by atoms with Crippen molar-refractivity contribution in [3.05, 3.63) is 53.2 Å². The van der Waals surface area contributed by atoms with Crippen LogP contribution in [0.3, 0.4) is 0 Å². The third kappa shape index (κ3) is 4.51. The van der Waals surface area contributed by atoms with Crippen LogP contribution in [-0.2, 0) is 0 Å². The number of nitrogen functional groups attached to an aromatic ring is 1. The normalized spacial score (nSPS) is 14.2. The van der Waals surface area contributed by atoms with Crippen LogP contribution in [0.25, 0.3) is 33.5 Å². The minimum atomic E-state index is -0.551. The molecule has 0 amide bonds. The van der Waals surface area contributed by atoms with E-state index in [1.54, 1.807) is 12.3 Å². The van der Waals surface area contributed by atoms with Crippen LogP contribution in [0, 0.1) is 23.0 Å². The average molecular weight is 510 g/mol. The molecule has 0 unspecified atom stereocenters. The van der Waals surface area contributed by atoms with Crippen molar-refractivity contribution in [3.63, 3.8) is 0 Å². The predicted octanol–water partition coefficient (Wildman–Crippen LogP) is 4.64. The number of nitrogens with one attached hydrogen (secondary N) is 1. The van der Waals surface area contributed by atoms with Crippen LogP contribution < -0.4 is 21.1 Å². The lowest BCUT2D eigenvalue weighted by molar-refractivity contribution is 0.369. The molecule has 0 atom stereocenters. The van der Waals surface area contributed by atoms with Crippen molar-refractivity contribution in [3.8, 4) is 34.3 Å². The molecule has 1 aliphatic rings. The van der Waals surface area contributed by atoms with E-state index >= 15 is 0 Å². The number of imidazole rings is 1. The smallest absolute Gasteiger partial charge is 0.174 e. The summed E-state index contributed by atoms with van der Waals surface area (Å²) < 4.78 is 34.0. The molecule has 2 aromatic carbocycles. The number of fused-ring (bicyclic) bond motifs is 1. The number of ether oxygens (including phenoxy) is 1. The number of hydrogen-bond acceptors (Lipinski definition) is 7. The van der Waals surface area contributed by atoms with E-state index in [2.05, 4.69) is 19.9 Å². The number of hydrogen-bond donors (Lipinski definition) is 3. The van der Waals surface area contributed by atoms with Crippen molar-refractivity contribution in [1.29, 1.82) is 5.26 Å². The molecule has 5 N–H and O–H groups in total. The number of nitriles is 1. The Morgan fingerprint density at radius 1 is 1.17 bits per heavy atom. The standard InChI is InChI=1S/C25H22ClF2N7O/c26-14-7-13(8-15(27)9-14)18-12-32-24(31)21(23(18)35-4-1-17(30)2-5-35)25-33-19-10-16(28)11-20(22(19)34-25)36-6-3-29/h7-12,17H,1-2,4-6,30H2,(H2,31,32)(H,33,34). The number of rotatable bonds is 5. The van der Waals surface area contributed by atoms with Gasteiger partial charge in [0.05, 0.1) is 16.8 Å². The Morgan fingerprint density at radius 3 is 2.64 bits per heavy atom. The molecule has 1 saturated heterocycles. The summed E-state index contributed by atoms with van der Waals surface area (Å²) >= 11 is 6.17. The van der Waals surface area contributed by atoms with Crippen LogP contribution in [0.15, 0.2) is 36.5 Å². The molecular formula is C25H22ClF2N7O. The number of H-pyrrole nitrogens is 1. The van der Waals surface area contributed by atoms with E-state index in [1.165, 1.54) is 24.3 Å². The second-order valence-electron chi connectivity index (χ2n) is 8.60. The number of halogens is 3. The predicted molar refractivity (Wildman–Crippen MR) is 135 cm³/mol. The first kappa shape index (κ1) is 23.8. The van der Waals surface area contributed by atoms with Crippen molar-refractivity contribution in [1.82, 2.24) is 15.0 Å². The van der Waals surface area contributed by atoms with Gasteiger partial charge in [0.2, 0.25) is 0 Å². The highest BCUT2D eigenvalue weighted by molar-refractivity contribution is 6.30. The van der Waals surface area contributed by atoms with Crippen molar-refractivity contribution in [2.45, 2.75) is 18.9 Å². The van der Waals surface area contributed by atoms with Gasteiger partial charge in [-0.25, -0.2) is 18.7 Å². The number of nitrogens with zero attached hydrogens (tertiary/aromatic N) is 4. The monoisotopic (exact) mass is 509 g/mol. The van der Waals surface area contributed by atoms with Gasteiger partial charge in [0.25, 0.3) is 0 Å². The Kier molecular flexibility index (Phi) is 6.35. The van der Waals surface area contributed by atoms with Gasteiger partial charge in [-0.2, -0.15) is 5.26 Å². The molecule has 0 saturated carbocycles. The highest BCUT2D eigenvalue weighted by atomic mass is 35.5. The summed E-state index contributed by atoms with van der Waals surface area (Å²) in [4.78, 5) is 14.3. The molecule has 36 heavy (non-hydrogen) atoms. The minimum Gasteiger partial charge on any atom is -0.476 e. The van der Waals surface area contributed by atoms with E-state index in [1.807, 2.05) is 6.07 Å². The quantitative estimate of drug-likeness (QED) is 0.357. The molecule has 0 spiro atoms. The summed E-state index contributed by atoms with van der Waals surface area (Å²) in [5.74, 6) is -0.396. The first-order valence-corrected chi connectivity index (χ1v) is 11.7. The maximum atomic E-state index is 14.3. The second-order valence-corrected chi connectivity index (χ2v) is 9.03. The maximum Gasteiger partial charge on any atom is 0.174 e. The zero-order valence-corrected chi connectivity index (χ0v) is 19.8. The van der Waals surface area contributed by atoms with E-state index in [0.717, 1.165) is 12.8 Å². The van der Waals surface area contributed by atoms with Gasteiger partial charge in [0.1, 0.15) is 34.9 Å². The second kappa shape index (κ2) is 9.60. The summed E-state index contributed by atoms with van der Waals surface area (Å²) in [6, 6.07) is 8.66. The molecule has 8 nitrogen and oxygen atoms in total. The molecule has 11 heteroatoms. The molecule has 0 radical (unpaired) electrons. The van der Waals surface area contributed by atoms with Crippen molar-refractivity contribution >= 4 is 34.1 Å². The number of nitrogens with two attached hydrogens (primary N) is 2. The van der Waals surface area contributed by atoms with E-state index in [0.29, 0.717) is 52.3 Å². The van der Waals surface area contributed by atoms with Crippen LogP contribution in [0.1, 0.15) is 12.8 Å². The Bertz CT molecular complexity index is 1470. The highest BCUT2D eigenvalue weighted by Crippen LogP contribution is 2.43. The lowest BCUT2D eigenvalue weighted by Gasteiger charge is -2.34. The lowest BCUT2D eigenvalue weighted by Crippen LogP contribution is -2.40. The fraction of sp³-hybridized carbons (Fsp3) is 0.240. The molecule has 1 aliphatic heterocycles. The van der Waals surface area contributed by atoms with Crippen LogP contribution in [-0.4, -0.2) is 40.7 Å². The number of benzene rings is 2. The van der Waals surface area contributed by atoms with Gasteiger partial charge in [-0.15, -0.1) is 0 Å². The topological polar surface area (TPSA) is 130 Å². The number of aromatic amines is 1. The van der Waals surface area contributed by atoms with Gasteiger partial charge in [-0.1, -0.05) is 11.6 Å².